The summed E-state index contributed by atoms with van der Waals surface area (Å²) >= 11 is 7.36. The van der Waals surface area contributed by atoms with Crippen molar-refractivity contribution >= 4 is 55.8 Å². The van der Waals surface area contributed by atoms with Crippen molar-refractivity contribution in [3.63, 3.8) is 0 Å². The summed E-state index contributed by atoms with van der Waals surface area (Å²) in [4.78, 5) is 26.7. The fraction of sp³-hybridized carbons (Fsp3) is 0.409. The number of nitrogens with one attached hydrogen (secondary N) is 1. The van der Waals surface area contributed by atoms with Crippen molar-refractivity contribution in [1.82, 2.24) is 14.9 Å². The highest BCUT2D eigenvalue weighted by Crippen LogP contribution is 2.30. The lowest BCUT2D eigenvalue weighted by Gasteiger charge is -2.18. The van der Waals surface area contributed by atoms with Crippen LogP contribution < -0.4 is 10.2 Å². The van der Waals surface area contributed by atoms with Gasteiger partial charge in [0.2, 0.25) is 5.91 Å². The van der Waals surface area contributed by atoms with E-state index >= 15 is 0 Å². The third kappa shape index (κ3) is 5.51. The first kappa shape index (κ1) is 22.0. The Morgan fingerprint density at radius 2 is 2.06 bits per heavy atom. The molecule has 0 saturated carbocycles. The Labute approximate surface area is 191 Å². The first-order valence-corrected chi connectivity index (χ1v) is 11.5. The molecule has 0 radical (unpaired) electrons. The van der Waals surface area contributed by atoms with Gasteiger partial charge in [0, 0.05) is 37.5 Å². The Bertz CT molecular complexity index is 1060. The molecule has 1 saturated heterocycles. The van der Waals surface area contributed by atoms with Crippen LogP contribution in [0.25, 0.3) is 10.3 Å². The number of amides is 1. The van der Waals surface area contributed by atoms with Gasteiger partial charge in [0.1, 0.15) is 22.2 Å². The number of rotatable bonds is 9. The van der Waals surface area contributed by atoms with Crippen LogP contribution in [0.5, 0.6) is 0 Å². The van der Waals surface area contributed by atoms with Gasteiger partial charge >= 0.3 is 0 Å². The van der Waals surface area contributed by atoms with Crippen LogP contribution in [0.15, 0.2) is 36.4 Å². The SMILES string of the molecule is CC(C)OCCCN1CC1C(=O)Nc1nc2ccc(N(C)c3ccc(Cl)cc3)nc2s1. The van der Waals surface area contributed by atoms with E-state index in [0.29, 0.717) is 10.2 Å². The highest BCUT2D eigenvalue weighted by molar-refractivity contribution is 7.22. The molecule has 1 N–H and O–H groups in total. The van der Waals surface area contributed by atoms with Crippen LogP contribution in [0.3, 0.4) is 0 Å². The van der Waals surface area contributed by atoms with Gasteiger partial charge in [0.25, 0.3) is 0 Å². The molecule has 1 aromatic carbocycles. The number of carbonyl (C=O) groups is 1. The molecule has 9 heteroatoms. The molecule has 7 nitrogen and oxygen atoms in total. The summed E-state index contributed by atoms with van der Waals surface area (Å²) in [5.41, 5.74) is 1.76. The van der Waals surface area contributed by atoms with Crippen LogP contribution in [0.4, 0.5) is 16.6 Å². The fourth-order valence-electron chi connectivity index (χ4n) is 3.29. The number of anilines is 3. The second-order valence-electron chi connectivity index (χ2n) is 7.82. The van der Waals surface area contributed by atoms with Crippen LogP contribution in [0.2, 0.25) is 5.02 Å². The number of halogens is 1. The minimum Gasteiger partial charge on any atom is -0.379 e. The van der Waals surface area contributed by atoms with Crippen LogP contribution in [0, 0.1) is 0 Å². The number of carbonyl (C=O) groups excluding carboxylic acids is 1. The zero-order valence-corrected chi connectivity index (χ0v) is 19.4. The average molecular weight is 460 g/mol. The lowest BCUT2D eigenvalue weighted by atomic mass is 10.3. The van der Waals surface area contributed by atoms with Crippen LogP contribution in [-0.2, 0) is 9.53 Å². The van der Waals surface area contributed by atoms with E-state index in [2.05, 4.69) is 15.2 Å². The number of nitrogens with zero attached hydrogens (tertiary/aromatic N) is 4. The summed E-state index contributed by atoms with van der Waals surface area (Å²) in [5, 5.41) is 4.22. The maximum atomic E-state index is 12.5. The normalized spacial score (nSPS) is 17.8. The molecule has 1 amide bonds. The maximum Gasteiger partial charge on any atom is 0.244 e. The maximum absolute atomic E-state index is 12.5. The molecule has 31 heavy (non-hydrogen) atoms. The predicted molar refractivity (Wildman–Crippen MR) is 127 cm³/mol. The predicted octanol–water partition coefficient (Wildman–Crippen LogP) is 4.55. The van der Waals surface area contributed by atoms with Crippen LogP contribution in [-0.4, -0.2) is 59.7 Å². The Morgan fingerprint density at radius 1 is 1.29 bits per heavy atom. The summed E-state index contributed by atoms with van der Waals surface area (Å²) in [6.07, 6.45) is 1.17. The van der Waals surface area contributed by atoms with Crippen molar-refractivity contribution in [1.29, 1.82) is 0 Å². The smallest absolute Gasteiger partial charge is 0.244 e. The molecule has 0 spiro atoms. The number of hydrogen-bond donors (Lipinski definition) is 1. The number of fused-ring (bicyclic) bond motifs is 1. The van der Waals surface area contributed by atoms with E-state index in [1.165, 1.54) is 11.3 Å². The van der Waals surface area contributed by atoms with Crippen LogP contribution in [0.1, 0.15) is 20.3 Å². The largest absolute Gasteiger partial charge is 0.379 e. The van der Waals surface area contributed by atoms with E-state index in [-0.39, 0.29) is 18.1 Å². The summed E-state index contributed by atoms with van der Waals surface area (Å²) in [7, 11) is 1.95. The first-order valence-electron chi connectivity index (χ1n) is 10.3. The molecule has 1 aliphatic heterocycles. The lowest BCUT2D eigenvalue weighted by Crippen LogP contribution is -2.22. The molecule has 2 atom stereocenters. The van der Waals surface area contributed by atoms with Crippen molar-refractivity contribution in [2.45, 2.75) is 32.4 Å². The Morgan fingerprint density at radius 3 is 2.81 bits per heavy atom. The van der Waals surface area contributed by atoms with Crippen molar-refractivity contribution in [2.75, 3.05) is 37.0 Å². The number of pyridine rings is 1. The molecule has 1 aliphatic rings. The Hall–Kier alpha value is -2.26. The van der Waals surface area contributed by atoms with Gasteiger partial charge in [0.15, 0.2) is 5.13 Å². The van der Waals surface area contributed by atoms with Crippen LogP contribution >= 0.6 is 22.9 Å². The second-order valence-corrected chi connectivity index (χ2v) is 9.24. The molecular weight excluding hydrogens is 434 g/mol. The Balaban J connectivity index is 1.35. The number of benzene rings is 1. The summed E-state index contributed by atoms with van der Waals surface area (Å²) in [6.45, 7) is 6.43. The van der Waals surface area contributed by atoms with Gasteiger partial charge in [-0.3, -0.25) is 9.69 Å². The Kier molecular flexibility index (Phi) is 6.71. The van der Waals surface area contributed by atoms with Gasteiger partial charge in [-0.2, -0.15) is 0 Å². The topological polar surface area (TPSA) is 70.4 Å². The summed E-state index contributed by atoms with van der Waals surface area (Å²) in [5.74, 6) is 0.788. The zero-order valence-electron chi connectivity index (χ0n) is 17.8. The molecule has 0 aliphatic carbocycles. The molecule has 1 fully saturated rings. The van der Waals surface area contributed by atoms with E-state index in [9.17, 15) is 4.79 Å². The zero-order chi connectivity index (χ0) is 22.0. The summed E-state index contributed by atoms with van der Waals surface area (Å²) in [6, 6.07) is 11.4. The molecule has 4 rings (SSSR count). The highest BCUT2D eigenvalue weighted by Gasteiger charge is 2.40. The van der Waals surface area contributed by atoms with E-state index in [4.69, 9.17) is 21.3 Å². The molecule has 2 aromatic heterocycles. The van der Waals surface area contributed by atoms with Crippen molar-refractivity contribution in [3.05, 3.63) is 41.4 Å². The van der Waals surface area contributed by atoms with Gasteiger partial charge in [0.05, 0.1) is 6.10 Å². The average Bonchev–Trinajstić information content (AvgIpc) is 3.41. The van der Waals surface area contributed by atoms with Crippen molar-refractivity contribution in [3.8, 4) is 0 Å². The lowest BCUT2D eigenvalue weighted by molar-refractivity contribution is -0.116. The standard InChI is InChI=1S/C22H26ClN5O2S/c1-14(2)30-12-4-11-28-13-18(28)20(29)26-22-24-17-9-10-19(25-21(17)31-22)27(3)16-7-5-15(23)6-8-16/h5-10,14,18H,4,11-13H2,1-3H3,(H,24,26,29). The number of aromatic nitrogens is 2. The van der Waals surface area contributed by atoms with Crippen molar-refractivity contribution < 1.29 is 9.53 Å². The molecule has 0 bridgehead atoms. The molecule has 164 valence electrons. The van der Waals surface area contributed by atoms with E-state index in [0.717, 1.165) is 48.0 Å². The number of hydrogen-bond acceptors (Lipinski definition) is 7. The van der Waals surface area contributed by atoms with E-state index < -0.39 is 0 Å². The van der Waals surface area contributed by atoms with Gasteiger partial charge in [-0.25, -0.2) is 9.97 Å². The quantitative estimate of drug-likeness (QED) is 0.374. The van der Waals surface area contributed by atoms with Gasteiger partial charge in [-0.1, -0.05) is 22.9 Å². The van der Waals surface area contributed by atoms with Gasteiger partial charge in [-0.05, 0) is 56.7 Å². The third-order valence-electron chi connectivity index (χ3n) is 5.09. The molecule has 2 unspecified atom stereocenters. The fourth-order valence-corrected chi connectivity index (χ4v) is 4.25. The molecule has 3 aromatic rings. The first-order chi connectivity index (χ1) is 14.9. The molecule has 3 heterocycles. The summed E-state index contributed by atoms with van der Waals surface area (Å²) < 4.78 is 5.55. The van der Waals surface area contributed by atoms with E-state index in [1.54, 1.807) is 0 Å². The molecular formula is C22H26ClN5O2S. The highest BCUT2D eigenvalue weighted by atomic mass is 35.5. The van der Waals surface area contributed by atoms with Gasteiger partial charge < -0.3 is 15.0 Å². The number of thiazole rings is 1. The number of ether oxygens (including phenoxy) is 1. The minimum absolute atomic E-state index is 0.0117. The minimum atomic E-state index is -0.0781. The monoisotopic (exact) mass is 459 g/mol. The second kappa shape index (κ2) is 9.48. The van der Waals surface area contributed by atoms with E-state index in [1.807, 2.05) is 62.2 Å². The van der Waals surface area contributed by atoms with Crippen molar-refractivity contribution in [2.24, 2.45) is 0 Å². The third-order valence-corrected chi connectivity index (χ3v) is 6.22. The van der Waals surface area contributed by atoms with Gasteiger partial charge in [-0.15, -0.1) is 0 Å².